The summed E-state index contributed by atoms with van der Waals surface area (Å²) in [6.07, 6.45) is 0.327. The van der Waals surface area contributed by atoms with Crippen LogP contribution in [0.2, 0.25) is 0 Å². The van der Waals surface area contributed by atoms with E-state index in [9.17, 15) is 8.42 Å². The van der Waals surface area contributed by atoms with E-state index in [4.69, 9.17) is 4.18 Å². The Morgan fingerprint density at radius 1 is 1.28 bits per heavy atom. The number of hydrogen-bond donors (Lipinski definition) is 0. The summed E-state index contributed by atoms with van der Waals surface area (Å²) in [4.78, 5) is 1.12. The summed E-state index contributed by atoms with van der Waals surface area (Å²) >= 11 is 1.53. The van der Waals surface area contributed by atoms with Crippen LogP contribution >= 0.6 is 11.8 Å². The van der Waals surface area contributed by atoms with Gasteiger partial charge in [-0.2, -0.15) is 8.42 Å². The van der Waals surface area contributed by atoms with E-state index >= 15 is 0 Å². The van der Waals surface area contributed by atoms with Crippen LogP contribution in [-0.4, -0.2) is 20.3 Å². The molecule has 0 radical (unpaired) electrons. The fourth-order valence-electron chi connectivity index (χ4n) is 1.69. The van der Waals surface area contributed by atoms with Gasteiger partial charge in [-0.1, -0.05) is 26.0 Å². The molecule has 5 heteroatoms. The number of hydrogen-bond acceptors (Lipinski definition) is 4. The summed E-state index contributed by atoms with van der Waals surface area (Å²) in [6.45, 7) is 7.39. The monoisotopic (exact) mass is 288 g/mol. The predicted molar refractivity (Wildman–Crippen MR) is 75.6 cm³/mol. The topological polar surface area (TPSA) is 43.4 Å². The zero-order chi connectivity index (χ0) is 13.8. The van der Waals surface area contributed by atoms with Gasteiger partial charge in [-0.25, -0.2) is 0 Å². The molecule has 3 nitrogen and oxygen atoms in total. The molecule has 0 aromatic heterocycles. The van der Waals surface area contributed by atoms with Crippen molar-refractivity contribution in [1.82, 2.24) is 0 Å². The standard InChI is InChI=1S/C13H20O3S2/c1-5-11-8-7-9-12(17-6-2)13(11)18(14,15)16-10(3)4/h7-10H,5-6H2,1-4H3. The molecule has 1 aromatic rings. The molecule has 0 fully saturated rings. The highest BCUT2D eigenvalue weighted by Gasteiger charge is 2.24. The maximum absolute atomic E-state index is 12.3. The Morgan fingerprint density at radius 3 is 2.44 bits per heavy atom. The van der Waals surface area contributed by atoms with Crippen LogP contribution in [-0.2, 0) is 20.7 Å². The first kappa shape index (κ1) is 15.5. The summed E-state index contributed by atoms with van der Waals surface area (Å²) in [5.41, 5.74) is 0.814. The Kier molecular flexibility index (Phi) is 5.69. The van der Waals surface area contributed by atoms with Gasteiger partial charge in [0, 0.05) is 4.90 Å². The Hall–Kier alpha value is -0.520. The van der Waals surface area contributed by atoms with Crippen molar-refractivity contribution in [1.29, 1.82) is 0 Å². The highest BCUT2D eigenvalue weighted by Crippen LogP contribution is 2.31. The van der Waals surface area contributed by atoms with Gasteiger partial charge < -0.3 is 0 Å². The van der Waals surface area contributed by atoms with E-state index in [1.165, 1.54) is 11.8 Å². The SMILES string of the molecule is CCSc1cccc(CC)c1S(=O)(=O)OC(C)C. The third kappa shape index (κ3) is 3.73. The average molecular weight is 288 g/mol. The first-order chi connectivity index (χ1) is 8.42. The molecule has 102 valence electrons. The molecular weight excluding hydrogens is 268 g/mol. The van der Waals surface area contributed by atoms with Gasteiger partial charge in [0.25, 0.3) is 10.1 Å². The van der Waals surface area contributed by atoms with Gasteiger partial charge in [0.15, 0.2) is 0 Å². The van der Waals surface area contributed by atoms with Gasteiger partial charge in [-0.15, -0.1) is 11.8 Å². The van der Waals surface area contributed by atoms with Crippen LogP contribution in [0.15, 0.2) is 28.0 Å². The Bertz CT molecular complexity index is 493. The maximum Gasteiger partial charge on any atom is 0.298 e. The molecule has 0 aliphatic rings. The van der Waals surface area contributed by atoms with E-state index in [0.717, 1.165) is 16.2 Å². The molecule has 0 saturated heterocycles. The lowest BCUT2D eigenvalue weighted by molar-refractivity contribution is 0.248. The molecule has 0 bridgehead atoms. The van der Waals surface area contributed by atoms with Crippen LogP contribution in [0.4, 0.5) is 0 Å². The van der Waals surface area contributed by atoms with E-state index < -0.39 is 10.1 Å². The average Bonchev–Trinajstić information content (AvgIpc) is 2.27. The van der Waals surface area contributed by atoms with Gasteiger partial charge in [0.05, 0.1) is 6.10 Å². The fraction of sp³-hybridized carbons (Fsp3) is 0.538. The van der Waals surface area contributed by atoms with Crippen LogP contribution in [0.3, 0.4) is 0 Å². The molecule has 1 aromatic carbocycles. The van der Waals surface area contributed by atoms with Crippen molar-refractivity contribution in [3.63, 3.8) is 0 Å². The van der Waals surface area contributed by atoms with Crippen molar-refractivity contribution in [2.45, 2.75) is 50.0 Å². The van der Waals surface area contributed by atoms with E-state index in [2.05, 4.69) is 0 Å². The van der Waals surface area contributed by atoms with E-state index in [-0.39, 0.29) is 6.10 Å². The van der Waals surface area contributed by atoms with Gasteiger partial charge >= 0.3 is 0 Å². The zero-order valence-corrected chi connectivity index (χ0v) is 12.9. The molecule has 0 saturated carbocycles. The molecule has 0 unspecified atom stereocenters. The van der Waals surface area contributed by atoms with Gasteiger partial charge in [-0.3, -0.25) is 4.18 Å². The lowest BCUT2D eigenvalue weighted by Crippen LogP contribution is -2.15. The summed E-state index contributed by atoms with van der Waals surface area (Å²) in [6, 6.07) is 5.57. The van der Waals surface area contributed by atoms with E-state index in [0.29, 0.717) is 11.3 Å². The van der Waals surface area contributed by atoms with Gasteiger partial charge in [-0.05, 0) is 37.7 Å². The molecular formula is C13H20O3S2. The van der Waals surface area contributed by atoms with Crippen LogP contribution < -0.4 is 0 Å². The molecule has 0 spiro atoms. The molecule has 0 aliphatic carbocycles. The fourth-order valence-corrected chi connectivity index (χ4v) is 4.38. The predicted octanol–water partition coefficient (Wildman–Crippen LogP) is 3.47. The summed E-state index contributed by atoms with van der Waals surface area (Å²) in [5, 5.41) is 0. The second-order valence-electron chi connectivity index (χ2n) is 4.13. The van der Waals surface area contributed by atoms with E-state index in [1.807, 2.05) is 32.0 Å². The number of aryl methyl sites for hydroxylation is 1. The molecule has 0 heterocycles. The van der Waals surface area contributed by atoms with Crippen molar-refractivity contribution in [3.05, 3.63) is 23.8 Å². The summed E-state index contributed by atoms with van der Waals surface area (Å²) < 4.78 is 29.7. The molecule has 1 rings (SSSR count). The first-order valence-electron chi connectivity index (χ1n) is 6.10. The highest BCUT2D eigenvalue weighted by atomic mass is 32.2. The lowest BCUT2D eigenvalue weighted by Gasteiger charge is -2.15. The number of benzene rings is 1. The first-order valence-corrected chi connectivity index (χ1v) is 8.49. The van der Waals surface area contributed by atoms with Crippen molar-refractivity contribution < 1.29 is 12.6 Å². The largest absolute Gasteiger partial charge is 0.298 e. The minimum absolute atomic E-state index is 0.341. The Labute approximate surface area is 114 Å². The van der Waals surface area contributed by atoms with Crippen molar-refractivity contribution in [3.8, 4) is 0 Å². The summed E-state index contributed by atoms with van der Waals surface area (Å²) in [5.74, 6) is 0.831. The Balaban J connectivity index is 3.35. The van der Waals surface area contributed by atoms with Crippen LogP contribution in [0, 0.1) is 0 Å². The minimum Gasteiger partial charge on any atom is -0.264 e. The maximum atomic E-state index is 12.3. The molecule has 18 heavy (non-hydrogen) atoms. The lowest BCUT2D eigenvalue weighted by atomic mass is 10.2. The third-order valence-corrected chi connectivity index (χ3v) is 5.00. The highest BCUT2D eigenvalue weighted by molar-refractivity contribution is 8.00. The van der Waals surface area contributed by atoms with Crippen molar-refractivity contribution in [2.24, 2.45) is 0 Å². The molecule has 0 amide bonds. The van der Waals surface area contributed by atoms with Gasteiger partial charge in [0.1, 0.15) is 4.90 Å². The van der Waals surface area contributed by atoms with Crippen LogP contribution in [0.5, 0.6) is 0 Å². The van der Waals surface area contributed by atoms with E-state index in [1.54, 1.807) is 13.8 Å². The second-order valence-corrected chi connectivity index (χ2v) is 6.94. The van der Waals surface area contributed by atoms with Crippen LogP contribution in [0.25, 0.3) is 0 Å². The zero-order valence-electron chi connectivity index (χ0n) is 11.3. The second kappa shape index (κ2) is 6.59. The summed E-state index contributed by atoms with van der Waals surface area (Å²) in [7, 11) is -3.68. The van der Waals surface area contributed by atoms with Gasteiger partial charge in [0.2, 0.25) is 0 Å². The van der Waals surface area contributed by atoms with Crippen LogP contribution in [0.1, 0.15) is 33.3 Å². The number of rotatable bonds is 6. The Morgan fingerprint density at radius 2 is 1.94 bits per heavy atom. The molecule has 0 atom stereocenters. The molecule has 0 N–H and O–H groups in total. The third-order valence-electron chi connectivity index (χ3n) is 2.31. The molecule has 0 aliphatic heterocycles. The normalized spacial score (nSPS) is 12.1. The smallest absolute Gasteiger partial charge is 0.264 e. The minimum atomic E-state index is -3.68. The number of thioether (sulfide) groups is 1. The quantitative estimate of drug-likeness (QED) is 0.594. The van der Waals surface area contributed by atoms with Crippen molar-refractivity contribution >= 4 is 21.9 Å². The van der Waals surface area contributed by atoms with Crippen molar-refractivity contribution in [2.75, 3.05) is 5.75 Å².